The molecule has 0 radical (unpaired) electrons. The molecule has 0 aliphatic carbocycles. The number of thioether (sulfide) groups is 1. The quantitative estimate of drug-likeness (QED) is 0.470. The van der Waals surface area contributed by atoms with Crippen LogP contribution in [-0.2, 0) is 15.8 Å². The first-order valence-corrected chi connectivity index (χ1v) is 10.3. The number of fused-ring (bicyclic) bond motifs is 2. The molecule has 4 atom stereocenters. The van der Waals surface area contributed by atoms with E-state index in [0.717, 1.165) is 40.1 Å². The molecular formula is C18H14F3N2NaO4S2. The molecule has 30 heavy (non-hydrogen) atoms. The molecule has 0 bridgehead atoms. The summed E-state index contributed by atoms with van der Waals surface area (Å²) in [5.41, 5.74) is -0.912. The number of carboxylic acids is 1. The van der Waals surface area contributed by atoms with Gasteiger partial charge in [0.2, 0.25) is 5.91 Å². The third-order valence-electron chi connectivity index (χ3n) is 5.19. The second kappa shape index (κ2) is 8.10. The summed E-state index contributed by atoms with van der Waals surface area (Å²) in [7, 11) is 0. The van der Waals surface area contributed by atoms with Crippen LogP contribution in [0.25, 0.3) is 10.2 Å². The number of nitrogens with zero attached hydrogens (tertiary/aromatic N) is 2. The van der Waals surface area contributed by atoms with E-state index < -0.39 is 41.7 Å². The van der Waals surface area contributed by atoms with Gasteiger partial charge in [-0.05, 0) is 25.1 Å². The molecule has 1 aromatic heterocycles. The van der Waals surface area contributed by atoms with Gasteiger partial charge in [-0.3, -0.25) is 4.79 Å². The van der Waals surface area contributed by atoms with Crippen molar-refractivity contribution in [1.29, 1.82) is 0 Å². The smallest absolute Gasteiger partial charge is 0.543 e. The Balaban J connectivity index is 0.00000256. The SMILES string of the molecule is C[C@@H](O)[C@H]1C(=O)N2C(C(=O)[O-])=C(Sc3nc4cc(C(F)(F)F)ccc4s3)[C@H](C)[C@H]12.[Na+]. The number of thiazole rings is 1. The minimum Gasteiger partial charge on any atom is -0.543 e. The van der Waals surface area contributed by atoms with Crippen LogP contribution in [0.5, 0.6) is 0 Å². The van der Waals surface area contributed by atoms with E-state index in [-0.39, 0.29) is 46.7 Å². The fourth-order valence-electron chi connectivity index (χ4n) is 3.87. The van der Waals surface area contributed by atoms with Crippen molar-refractivity contribution in [1.82, 2.24) is 9.88 Å². The Labute approximate surface area is 199 Å². The summed E-state index contributed by atoms with van der Waals surface area (Å²) >= 11 is 2.14. The normalized spacial score (nSPS) is 24.5. The maximum atomic E-state index is 12.9. The maximum Gasteiger partial charge on any atom is 1.00 e. The van der Waals surface area contributed by atoms with Crippen molar-refractivity contribution in [3.63, 3.8) is 0 Å². The van der Waals surface area contributed by atoms with Crippen molar-refractivity contribution in [2.75, 3.05) is 0 Å². The molecule has 1 aromatic carbocycles. The zero-order valence-corrected chi connectivity index (χ0v) is 19.7. The van der Waals surface area contributed by atoms with Gasteiger partial charge in [-0.25, -0.2) is 4.98 Å². The Bertz CT molecular complexity index is 1070. The molecule has 12 heteroatoms. The summed E-state index contributed by atoms with van der Waals surface area (Å²) in [4.78, 5) is 29.7. The molecule has 2 aromatic rings. The van der Waals surface area contributed by atoms with Crippen LogP contribution < -0.4 is 34.7 Å². The number of rotatable bonds is 4. The number of β-lactam (4-membered cyclic amide) rings is 1. The second-order valence-electron chi connectivity index (χ2n) is 7.02. The van der Waals surface area contributed by atoms with E-state index in [1.807, 2.05) is 0 Å². The number of halogens is 3. The van der Waals surface area contributed by atoms with Crippen molar-refractivity contribution in [2.45, 2.75) is 36.5 Å². The number of aliphatic carboxylic acids is 1. The standard InChI is InChI=1S/C18H15F3N2O4S2.Na/c1-6-12-11(7(2)24)15(25)23(12)13(16(26)27)14(6)29-17-22-9-5-8(18(19,20)21)3-4-10(9)28-17;/h3-7,11-12,24H,1-2H3,(H,26,27);/q;+1/p-1/t6-,7-,11-,12-;/m1./s1. The molecule has 1 amide bonds. The monoisotopic (exact) mass is 466 g/mol. The molecule has 3 heterocycles. The average molecular weight is 466 g/mol. The number of aliphatic hydroxyl groups excluding tert-OH is 1. The number of carbonyl (C=O) groups excluding carboxylic acids is 2. The van der Waals surface area contributed by atoms with Gasteiger partial charge in [-0.15, -0.1) is 11.3 Å². The molecule has 154 valence electrons. The van der Waals surface area contributed by atoms with Crippen molar-refractivity contribution in [3.05, 3.63) is 34.4 Å². The number of benzene rings is 1. The van der Waals surface area contributed by atoms with Gasteiger partial charge in [0, 0.05) is 10.8 Å². The Hall–Kier alpha value is -1.11. The number of amides is 1. The van der Waals surface area contributed by atoms with Crippen LogP contribution in [0.1, 0.15) is 19.4 Å². The van der Waals surface area contributed by atoms with Crippen LogP contribution in [0.3, 0.4) is 0 Å². The zero-order chi connectivity index (χ0) is 21.2. The molecule has 1 saturated heterocycles. The molecule has 1 N–H and O–H groups in total. The van der Waals surface area contributed by atoms with Gasteiger partial charge in [0.1, 0.15) is 0 Å². The van der Waals surface area contributed by atoms with Gasteiger partial charge in [0.25, 0.3) is 0 Å². The Kier molecular flexibility index (Phi) is 6.36. The van der Waals surface area contributed by atoms with Gasteiger partial charge < -0.3 is 19.9 Å². The first-order valence-electron chi connectivity index (χ1n) is 8.63. The largest absolute Gasteiger partial charge is 1.00 e. The van der Waals surface area contributed by atoms with Crippen molar-refractivity contribution in [3.8, 4) is 0 Å². The van der Waals surface area contributed by atoms with Crippen molar-refractivity contribution >= 4 is 45.2 Å². The van der Waals surface area contributed by atoms with Crippen molar-refractivity contribution in [2.24, 2.45) is 11.8 Å². The van der Waals surface area contributed by atoms with E-state index in [1.165, 1.54) is 13.0 Å². The molecule has 0 saturated carbocycles. The maximum absolute atomic E-state index is 12.9. The van der Waals surface area contributed by atoms with Crippen LogP contribution in [-0.4, -0.2) is 39.0 Å². The van der Waals surface area contributed by atoms with E-state index in [2.05, 4.69) is 4.98 Å². The number of carboxylic acid groups (broad SMARTS) is 1. The van der Waals surface area contributed by atoms with Gasteiger partial charge in [-0.2, -0.15) is 13.2 Å². The van der Waals surface area contributed by atoms with E-state index in [4.69, 9.17) is 0 Å². The number of carbonyl (C=O) groups is 2. The number of hydrogen-bond donors (Lipinski definition) is 1. The average Bonchev–Trinajstić information content (AvgIpc) is 3.11. The molecule has 1 fully saturated rings. The van der Waals surface area contributed by atoms with Gasteiger partial charge >= 0.3 is 35.7 Å². The van der Waals surface area contributed by atoms with E-state index in [0.29, 0.717) is 13.9 Å². The Morgan fingerprint density at radius 2 is 2.07 bits per heavy atom. The molecule has 0 unspecified atom stereocenters. The summed E-state index contributed by atoms with van der Waals surface area (Å²) in [6, 6.07) is 2.75. The molecule has 0 spiro atoms. The predicted molar refractivity (Wildman–Crippen MR) is 97.5 cm³/mol. The number of hydrogen-bond acceptors (Lipinski definition) is 7. The summed E-state index contributed by atoms with van der Waals surface area (Å²) in [6.07, 6.45) is -5.42. The molecule has 2 aliphatic heterocycles. The molecule has 6 nitrogen and oxygen atoms in total. The van der Waals surface area contributed by atoms with Crippen LogP contribution in [0, 0.1) is 11.8 Å². The minimum absolute atomic E-state index is 0. The zero-order valence-electron chi connectivity index (χ0n) is 16.1. The van der Waals surface area contributed by atoms with Gasteiger partial charge in [0.15, 0.2) is 4.34 Å². The summed E-state index contributed by atoms with van der Waals surface area (Å²) in [5, 5.41) is 21.6. The van der Waals surface area contributed by atoms with E-state index >= 15 is 0 Å². The first-order chi connectivity index (χ1) is 13.5. The van der Waals surface area contributed by atoms with E-state index in [1.54, 1.807) is 6.92 Å². The van der Waals surface area contributed by atoms with Crippen LogP contribution in [0.15, 0.2) is 33.1 Å². The number of aliphatic hydroxyl groups is 1. The summed E-state index contributed by atoms with van der Waals surface area (Å²) < 4.78 is 39.6. The van der Waals surface area contributed by atoms with Crippen LogP contribution >= 0.6 is 23.1 Å². The summed E-state index contributed by atoms with van der Waals surface area (Å²) in [5.74, 6) is -3.09. The minimum atomic E-state index is -4.49. The molecular weight excluding hydrogens is 452 g/mol. The van der Waals surface area contributed by atoms with Gasteiger partial charge in [0.05, 0.1) is 45.5 Å². The third kappa shape index (κ3) is 3.69. The van der Waals surface area contributed by atoms with Crippen LogP contribution in [0.2, 0.25) is 0 Å². The van der Waals surface area contributed by atoms with Gasteiger partial charge in [-0.1, -0.05) is 18.7 Å². The second-order valence-corrected chi connectivity index (χ2v) is 9.34. The fraction of sp³-hybridized carbons (Fsp3) is 0.389. The Morgan fingerprint density at radius 1 is 1.40 bits per heavy atom. The van der Waals surface area contributed by atoms with Crippen molar-refractivity contribution < 1.29 is 62.5 Å². The van der Waals surface area contributed by atoms with E-state index in [9.17, 15) is 33.0 Å². The topological polar surface area (TPSA) is 93.6 Å². The number of alkyl halides is 3. The predicted octanol–water partition coefficient (Wildman–Crippen LogP) is -0.770. The summed E-state index contributed by atoms with van der Waals surface area (Å²) in [6.45, 7) is 3.22. The Morgan fingerprint density at radius 3 is 2.63 bits per heavy atom. The molecule has 4 rings (SSSR count). The van der Waals surface area contributed by atoms with Crippen LogP contribution in [0.4, 0.5) is 13.2 Å². The molecule has 2 aliphatic rings. The third-order valence-corrected chi connectivity index (χ3v) is 7.58. The first kappa shape index (κ1) is 23.6. The fourth-order valence-corrected chi connectivity index (χ4v) is 6.19. The number of aromatic nitrogens is 1.